The molecule has 1 N–H and O–H groups in total. The Kier molecular flexibility index (Phi) is 6.98. The molecule has 0 spiro atoms. The van der Waals surface area contributed by atoms with Gasteiger partial charge in [-0.05, 0) is 36.1 Å². The van der Waals surface area contributed by atoms with E-state index in [1.165, 1.54) is 17.5 Å². The van der Waals surface area contributed by atoms with Crippen LogP contribution in [0.1, 0.15) is 50.3 Å². The third kappa shape index (κ3) is 5.19. The highest BCUT2D eigenvalue weighted by Crippen LogP contribution is 2.21. The molecule has 0 saturated carbocycles. The maximum absolute atomic E-state index is 5.72. The fourth-order valence-electron chi connectivity index (χ4n) is 2.47. The highest BCUT2D eigenvalue weighted by molar-refractivity contribution is 5.29. The zero-order chi connectivity index (χ0) is 15.6. The molecule has 2 rings (SSSR count). The standard InChI is InChI=1S/C20H27NO/c1-3-5-15-22-19-13-11-18(12-14-19)20(4-2)21-16-17-9-7-6-8-10-17/h6-14,20-21H,3-5,15-16H2,1-2H3. The number of unbranched alkanes of at least 4 members (excludes halogenated alkanes) is 1. The number of hydrogen-bond donors (Lipinski definition) is 1. The third-order valence-electron chi connectivity index (χ3n) is 3.85. The molecule has 0 saturated heterocycles. The van der Waals surface area contributed by atoms with Crippen LogP contribution < -0.4 is 10.1 Å². The number of benzene rings is 2. The van der Waals surface area contributed by atoms with E-state index in [-0.39, 0.29) is 0 Å². The zero-order valence-corrected chi connectivity index (χ0v) is 13.7. The first-order chi connectivity index (χ1) is 10.8. The highest BCUT2D eigenvalue weighted by atomic mass is 16.5. The summed E-state index contributed by atoms with van der Waals surface area (Å²) < 4.78 is 5.72. The summed E-state index contributed by atoms with van der Waals surface area (Å²) in [5.41, 5.74) is 2.64. The van der Waals surface area contributed by atoms with Crippen LogP contribution in [0.25, 0.3) is 0 Å². The first-order valence-electron chi connectivity index (χ1n) is 8.33. The van der Waals surface area contributed by atoms with E-state index < -0.39 is 0 Å². The molecule has 0 fully saturated rings. The molecule has 0 aliphatic rings. The van der Waals surface area contributed by atoms with Crippen molar-refractivity contribution in [2.24, 2.45) is 0 Å². The van der Waals surface area contributed by atoms with Gasteiger partial charge in [-0.3, -0.25) is 0 Å². The molecule has 2 aromatic rings. The molecule has 0 radical (unpaired) electrons. The van der Waals surface area contributed by atoms with Crippen LogP contribution in [0.15, 0.2) is 54.6 Å². The number of nitrogens with one attached hydrogen (secondary N) is 1. The Morgan fingerprint density at radius 2 is 1.68 bits per heavy atom. The van der Waals surface area contributed by atoms with Gasteiger partial charge in [-0.15, -0.1) is 0 Å². The van der Waals surface area contributed by atoms with Gasteiger partial charge >= 0.3 is 0 Å². The van der Waals surface area contributed by atoms with Crippen LogP contribution >= 0.6 is 0 Å². The average molecular weight is 297 g/mol. The van der Waals surface area contributed by atoms with Gasteiger partial charge in [0.2, 0.25) is 0 Å². The first kappa shape index (κ1) is 16.6. The van der Waals surface area contributed by atoms with Crippen molar-refractivity contribution in [2.75, 3.05) is 6.61 Å². The summed E-state index contributed by atoms with van der Waals surface area (Å²) in [6.45, 7) is 6.10. The molecule has 0 amide bonds. The summed E-state index contributed by atoms with van der Waals surface area (Å²) in [5.74, 6) is 0.968. The second-order valence-corrected chi connectivity index (χ2v) is 5.60. The number of ether oxygens (including phenoxy) is 1. The lowest BCUT2D eigenvalue weighted by atomic mass is 10.0. The molecular formula is C20H27NO. The van der Waals surface area contributed by atoms with Crippen LogP contribution in [0.5, 0.6) is 5.75 Å². The monoisotopic (exact) mass is 297 g/mol. The van der Waals surface area contributed by atoms with Crippen LogP contribution in [0.4, 0.5) is 0 Å². The van der Waals surface area contributed by atoms with Crippen molar-refractivity contribution in [1.82, 2.24) is 5.32 Å². The van der Waals surface area contributed by atoms with E-state index in [1.54, 1.807) is 0 Å². The van der Waals surface area contributed by atoms with Gasteiger partial charge in [-0.2, -0.15) is 0 Å². The van der Waals surface area contributed by atoms with E-state index in [0.717, 1.165) is 31.7 Å². The summed E-state index contributed by atoms with van der Waals surface area (Å²) in [6.07, 6.45) is 3.35. The molecule has 2 heteroatoms. The molecule has 0 bridgehead atoms. The molecule has 0 aliphatic carbocycles. The Morgan fingerprint density at radius 3 is 2.32 bits per heavy atom. The van der Waals surface area contributed by atoms with Crippen LogP contribution in [0, 0.1) is 0 Å². The summed E-state index contributed by atoms with van der Waals surface area (Å²) in [7, 11) is 0. The van der Waals surface area contributed by atoms with Crippen molar-refractivity contribution in [1.29, 1.82) is 0 Å². The fraction of sp³-hybridized carbons (Fsp3) is 0.400. The smallest absolute Gasteiger partial charge is 0.119 e. The Morgan fingerprint density at radius 1 is 0.955 bits per heavy atom. The quantitative estimate of drug-likeness (QED) is 0.650. The zero-order valence-electron chi connectivity index (χ0n) is 13.7. The Hall–Kier alpha value is -1.80. The van der Waals surface area contributed by atoms with Gasteiger partial charge in [0.25, 0.3) is 0 Å². The predicted molar refractivity (Wildman–Crippen MR) is 93.2 cm³/mol. The van der Waals surface area contributed by atoms with Gasteiger partial charge < -0.3 is 10.1 Å². The molecule has 2 aromatic carbocycles. The van der Waals surface area contributed by atoms with Crippen molar-refractivity contribution in [2.45, 2.75) is 45.7 Å². The van der Waals surface area contributed by atoms with Gasteiger partial charge in [-0.25, -0.2) is 0 Å². The van der Waals surface area contributed by atoms with Crippen molar-refractivity contribution in [3.63, 3.8) is 0 Å². The Balaban J connectivity index is 1.90. The van der Waals surface area contributed by atoms with E-state index in [2.05, 4.69) is 73.8 Å². The largest absolute Gasteiger partial charge is 0.494 e. The SMILES string of the molecule is CCCCOc1ccc(C(CC)NCc2ccccc2)cc1. The second kappa shape index (κ2) is 9.26. The predicted octanol–water partition coefficient (Wildman–Crippen LogP) is 5.11. The average Bonchev–Trinajstić information content (AvgIpc) is 2.58. The summed E-state index contributed by atoms with van der Waals surface area (Å²) in [5, 5.41) is 3.63. The highest BCUT2D eigenvalue weighted by Gasteiger charge is 2.08. The van der Waals surface area contributed by atoms with Crippen LogP contribution in [-0.4, -0.2) is 6.61 Å². The lowest BCUT2D eigenvalue weighted by Crippen LogP contribution is -2.20. The maximum atomic E-state index is 5.72. The van der Waals surface area contributed by atoms with Crippen LogP contribution in [0.2, 0.25) is 0 Å². The molecule has 22 heavy (non-hydrogen) atoms. The number of hydrogen-bond acceptors (Lipinski definition) is 2. The van der Waals surface area contributed by atoms with E-state index in [4.69, 9.17) is 4.74 Å². The van der Waals surface area contributed by atoms with Gasteiger partial charge in [0, 0.05) is 12.6 Å². The lowest BCUT2D eigenvalue weighted by Gasteiger charge is -2.18. The topological polar surface area (TPSA) is 21.3 Å². The molecule has 118 valence electrons. The maximum Gasteiger partial charge on any atom is 0.119 e. The minimum atomic E-state index is 0.380. The van der Waals surface area contributed by atoms with Crippen molar-refractivity contribution in [3.05, 3.63) is 65.7 Å². The Bertz CT molecular complexity index is 521. The molecular weight excluding hydrogens is 270 g/mol. The normalized spacial score (nSPS) is 12.1. The third-order valence-corrected chi connectivity index (χ3v) is 3.85. The number of rotatable bonds is 9. The van der Waals surface area contributed by atoms with Crippen molar-refractivity contribution in [3.8, 4) is 5.75 Å². The molecule has 1 unspecified atom stereocenters. The van der Waals surface area contributed by atoms with Crippen molar-refractivity contribution < 1.29 is 4.74 Å². The molecule has 1 atom stereocenters. The van der Waals surface area contributed by atoms with E-state index in [9.17, 15) is 0 Å². The van der Waals surface area contributed by atoms with Gasteiger partial charge in [0.1, 0.15) is 5.75 Å². The van der Waals surface area contributed by atoms with Gasteiger partial charge in [0.15, 0.2) is 0 Å². The minimum absolute atomic E-state index is 0.380. The molecule has 2 nitrogen and oxygen atoms in total. The molecule has 0 aliphatic heterocycles. The Labute approximate surface area is 134 Å². The van der Waals surface area contributed by atoms with Gasteiger partial charge in [-0.1, -0.05) is 62.7 Å². The molecule has 0 heterocycles. The second-order valence-electron chi connectivity index (χ2n) is 5.60. The van der Waals surface area contributed by atoms with Crippen LogP contribution in [-0.2, 0) is 6.54 Å². The first-order valence-corrected chi connectivity index (χ1v) is 8.33. The van der Waals surface area contributed by atoms with Crippen LogP contribution in [0.3, 0.4) is 0 Å². The van der Waals surface area contributed by atoms with E-state index in [1.807, 2.05) is 0 Å². The molecule has 0 aromatic heterocycles. The van der Waals surface area contributed by atoms with Crippen molar-refractivity contribution >= 4 is 0 Å². The van der Waals surface area contributed by atoms with Gasteiger partial charge in [0.05, 0.1) is 6.61 Å². The van der Waals surface area contributed by atoms with E-state index >= 15 is 0 Å². The summed E-state index contributed by atoms with van der Waals surface area (Å²) in [6, 6.07) is 19.4. The summed E-state index contributed by atoms with van der Waals surface area (Å²) in [4.78, 5) is 0. The lowest BCUT2D eigenvalue weighted by molar-refractivity contribution is 0.309. The fourth-order valence-corrected chi connectivity index (χ4v) is 2.47. The van der Waals surface area contributed by atoms with E-state index in [0.29, 0.717) is 6.04 Å². The summed E-state index contributed by atoms with van der Waals surface area (Å²) >= 11 is 0. The minimum Gasteiger partial charge on any atom is -0.494 e.